The Morgan fingerprint density at radius 1 is 0.367 bits per heavy atom. The fraction of sp³-hybridized carbons (Fsp3) is 0.0364. The molecule has 0 amide bonds. The van der Waals surface area contributed by atoms with Crippen LogP contribution < -0.4 is 0 Å². The van der Waals surface area contributed by atoms with Gasteiger partial charge in [0.15, 0.2) is 17.5 Å². The summed E-state index contributed by atoms with van der Waals surface area (Å²) in [5.74, 6) is 2.04. The third-order valence-corrected chi connectivity index (χ3v) is 11.4. The van der Waals surface area contributed by atoms with Gasteiger partial charge in [-0.3, -0.25) is 0 Å². The van der Waals surface area contributed by atoms with Crippen LogP contribution in [0.3, 0.4) is 0 Å². The van der Waals surface area contributed by atoms with Crippen molar-refractivity contribution in [2.45, 2.75) is 12.3 Å². The highest BCUT2D eigenvalue weighted by Crippen LogP contribution is 2.39. The molecule has 282 valence electrons. The molecule has 11 rings (SSSR count). The van der Waals surface area contributed by atoms with Gasteiger partial charge in [0.25, 0.3) is 0 Å². The Morgan fingerprint density at radius 3 is 1.77 bits per heavy atom. The zero-order valence-corrected chi connectivity index (χ0v) is 32.7. The average Bonchev–Trinajstić information content (AvgIpc) is 3.34. The summed E-state index contributed by atoms with van der Waals surface area (Å²) in [5.41, 5.74) is 11.9. The van der Waals surface area contributed by atoms with Crippen molar-refractivity contribution in [3.8, 4) is 67.7 Å². The van der Waals surface area contributed by atoms with Gasteiger partial charge in [0.1, 0.15) is 0 Å². The summed E-state index contributed by atoms with van der Waals surface area (Å²) in [4.78, 5) is 26.0. The van der Waals surface area contributed by atoms with E-state index >= 15 is 0 Å². The highest BCUT2D eigenvalue weighted by atomic mass is 15.0. The molecule has 7 aromatic carbocycles. The Bertz CT molecular complexity index is 3280. The Balaban J connectivity index is 1.08. The molecule has 1 aliphatic rings. The zero-order valence-electron chi connectivity index (χ0n) is 32.7. The van der Waals surface area contributed by atoms with E-state index < -0.39 is 0 Å². The maximum absolute atomic E-state index is 5.48. The molecule has 10 aromatic rings. The van der Waals surface area contributed by atoms with Gasteiger partial charge in [0.2, 0.25) is 0 Å². The molecule has 0 bridgehead atoms. The molecule has 1 aliphatic carbocycles. The first-order valence-corrected chi connectivity index (χ1v) is 20.4. The molecule has 60 heavy (non-hydrogen) atoms. The summed E-state index contributed by atoms with van der Waals surface area (Å²) in [5, 5.41) is 4.51. The molecule has 5 nitrogen and oxygen atoms in total. The smallest absolute Gasteiger partial charge is 0.164 e. The number of benzene rings is 7. The molecule has 0 radical (unpaired) electrons. The first kappa shape index (κ1) is 35.3. The van der Waals surface area contributed by atoms with Crippen molar-refractivity contribution in [3.63, 3.8) is 0 Å². The molecule has 3 heterocycles. The van der Waals surface area contributed by atoms with E-state index in [1.165, 1.54) is 10.8 Å². The number of fused-ring (bicyclic) bond motifs is 4. The third kappa shape index (κ3) is 6.62. The number of aromatic nitrogens is 5. The maximum atomic E-state index is 5.48. The van der Waals surface area contributed by atoms with Crippen LogP contribution in [0.2, 0.25) is 0 Å². The fourth-order valence-electron chi connectivity index (χ4n) is 8.33. The topological polar surface area (TPSA) is 64.5 Å². The molecule has 0 saturated heterocycles. The summed E-state index contributed by atoms with van der Waals surface area (Å²) < 4.78 is 0. The molecule has 5 heteroatoms. The van der Waals surface area contributed by atoms with E-state index in [1.54, 1.807) is 0 Å². The van der Waals surface area contributed by atoms with Crippen molar-refractivity contribution in [1.82, 2.24) is 24.9 Å². The summed E-state index contributed by atoms with van der Waals surface area (Å²) in [6.07, 6.45) is 9.60. The molecule has 0 spiro atoms. The SMILES string of the molecule is C1=CCC(c2ccc3ccc4c(-c5cccc6ccccc56)cc(-c5cccc(-c6nc(-c7ccccc7)nc(-c7ccc(-c8ccccc8)cc7)n6)c5)nc4c3n2)C=C1. The third-order valence-electron chi connectivity index (χ3n) is 11.4. The second-order valence-electron chi connectivity index (χ2n) is 15.2. The number of allylic oxidation sites excluding steroid dienone is 4. The Kier molecular flexibility index (Phi) is 8.90. The predicted octanol–water partition coefficient (Wildman–Crippen LogP) is 13.7. The second kappa shape index (κ2) is 15.1. The summed E-state index contributed by atoms with van der Waals surface area (Å²) >= 11 is 0. The molecular formula is C55H37N5. The van der Waals surface area contributed by atoms with Crippen LogP contribution in [-0.2, 0) is 0 Å². The number of hydrogen-bond donors (Lipinski definition) is 0. The lowest BCUT2D eigenvalue weighted by molar-refractivity contribution is 0.822. The molecule has 0 fully saturated rings. The lowest BCUT2D eigenvalue weighted by Gasteiger charge is -2.16. The van der Waals surface area contributed by atoms with Crippen LogP contribution in [0.4, 0.5) is 0 Å². The minimum absolute atomic E-state index is 0.222. The van der Waals surface area contributed by atoms with E-state index in [2.05, 4.69) is 170 Å². The molecule has 0 N–H and O–H groups in total. The van der Waals surface area contributed by atoms with Gasteiger partial charge in [-0.05, 0) is 57.6 Å². The molecule has 1 atom stereocenters. The van der Waals surface area contributed by atoms with E-state index in [0.717, 1.165) is 84.1 Å². The number of hydrogen-bond acceptors (Lipinski definition) is 5. The van der Waals surface area contributed by atoms with Crippen molar-refractivity contribution < 1.29 is 0 Å². The van der Waals surface area contributed by atoms with Gasteiger partial charge < -0.3 is 0 Å². The van der Waals surface area contributed by atoms with Gasteiger partial charge in [0, 0.05) is 44.6 Å². The van der Waals surface area contributed by atoms with Gasteiger partial charge >= 0.3 is 0 Å². The normalized spacial score (nSPS) is 13.6. The fourth-order valence-corrected chi connectivity index (χ4v) is 8.33. The first-order valence-electron chi connectivity index (χ1n) is 20.4. The second-order valence-corrected chi connectivity index (χ2v) is 15.2. The Labute approximate surface area is 348 Å². The molecular weight excluding hydrogens is 731 g/mol. The first-order chi connectivity index (χ1) is 29.7. The molecule has 0 aliphatic heterocycles. The summed E-state index contributed by atoms with van der Waals surface area (Å²) in [6.45, 7) is 0. The molecule has 3 aromatic heterocycles. The van der Waals surface area contributed by atoms with Gasteiger partial charge in [-0.25, -0.2) is 24.9 Å². The van der Waals surface area contributed by atoms with Crippen molar-refractivity contribution in [2.75, 3.05) is 0 Å². The number of rotatable bonds is 7. The van der Waals surface area contributed by atoms with Crippen LogP contribution in [0.15, 0.2) is 206 Å². The minimum atomic E-state index is 0.222. The van der Waals surface area contributed by atoms with Gasteiger partial charge in [0.05, 0.1) is 16.7 Å². The molecule has 1 unspecified atom stereocenters. The van der Waals surface area contributed by atoms with Crippen LogP contribution >= 0.6 is 0 Å². The highest BCUT2D eigenvalue weighted by molar-refractivity contribution is 6.12. The van der Waals surface area contributed by atoms with E-state index in [4.69, 9.17) is 24.9 Å². The van der Waals surface area contributed by atoms with Crippen molar-refractivity contribution in [1.29, 1.82) is 0 Å². The van der Waals surface area contributed by atoms with Crippen molar-refractivity contribution in [2.24, 2.45) is 0 Å². The number of pyridine rings is 2. The van der Waals surface area contributed by atoms with Crippen LogP contribution in [0.1, 0.15) is 18.0 Å². The van der Waals surface area contributed by atoms with E-state index in [-0.39, 0.29) is 5.92 Å². The summed E-state index contributed by atoms with van der Waals surface area (Å²) in [7, 11) is 0. The maximum Gasteiger partial charge on any atom is 0.164 e. The minimum Gasteiger partial charge on any atom is -0.250 e. The average molecular weight is 768 g/mol. The van der Waals surface area contributed by atoms with Crippen molar-refractivity contribution >= 4 is 32.6 Å². The predicted molar refractivity (Wildman–Crippen MR) is 246 cm³/mol. The monoisotopic (exact) mass is 767 g/mol. The Hall–Kier alpha value is -7.89. The van der Waals surface area contributed by atoms with Crippen LogP contribution in [0, 0.1) is 0 Å². The van der Waals surface area contributed by atoms with Gasteiger partial charge in [-0.2, -0.15) is 0 Å². The molecule has 0 saturated carbocycles. The van der Waals surface area contributed by atoms with E-state index in [0.29, 0.717) is 17.5 Å². The van der Waals surface area contributed by atoms with Crippen LogP contribution in [0.25, 0.3) is 100 Å². The van der Waals surface area contributed by atoms with Crippen LogP contribution in [0.5, 0.6) is 0 Å². The van der Waals surface area contributed by atoms with E-state index in [9.17, 15) is 0 Å². The summed E-state index contributed by atoms with van der Waals surface area (Å²) in [6, 6.07) is 63.4. The highest BCUT2D eigenvalue weighted by Gasteiger charge is 2.19. The van der Waals surface area contributed by atoms with Crippen LogP contribution in [-0.4, -0.2) is 24.9 Å². The zero-order chi connectivity index (χ0) is 39.8. The standard InChI is InChI=1S/C55H37N5/c1-4-14-36(15-5-1)37-26-28-42(29-27-37)54-58-53(41-19-8-3-9-20-41)59-55(60-54)44-23-12-22-43(34-44)50-35-48(46-25-13-21-38-16-10-11-24-45(38)46)47-32-30-40-31-33-49(39-17-6-2-7-18-39)56-51(40)52(47)57-50/h1-17,19-35,39H,18H2. The Morgan fingerprint density at radius 2 is 0.983 bits per heavy atom. The quantitative estimate of drug-likeness (QED) is 0.151. The lowest BCUT2D eigenvalue weighted by atomic mass is 9.92. The van der Waals surface area contributed by atoms with Gasteiger partial charge in [-0.15, -0.1) is 0 Å². The lowest BCUT2D eigenvalue weighted by Crippen LogP contribution is -2.01. The van der Waals surface area contributed by atoms with Crippen molar-refractivity contribution in [3.05, 3.63) is 212 Å². The van der Waals surface area contributed by atoms with Gasteiger partial charge in [-0.1, -0.05) is 188 Å². The largest absolute Gasteiger partial charge is 0.250 e. The number of nitrogens with zero attached hydrogens (tertiary/aromatic N) is 5. The van der Waals surface area contributed by atoms with E-state index in [1.807, 2.05) is 36.4 Å².